The maximum absolute atomic E-state index is 12.7. The molecule has 1 atom stereocenters. The molecule has 0 saturated carbocycles. The van der Waals surface area contributed by atoms with Crippen LogP contribution in [0, 0.1) is 0 Å². The van der Waals surface area contributed by atoms with Gasteiger partial charge in [-0.3, -0.25) is 9.10 Å². The number of amides is 1. The zero-order chi connectivity index (χ0) is 20.2. The summed E-state index contributed by atoms with van der Waals surface area (Å²) in [6.07, 6.45) is 1.01. The van der Waals surface area contributed by atoms with Gasteiger partial charge in [0.1, 0.15) is 6.04 Å². The number of nitrogens with one attached hydrogen (secondary N) is 1. The summed E-state index contributed by atoms with van der Waals surface area (Å²) in [4.78, 5) is 12.7. The molecule has 9 heteroatoms. The van der Waals surface area contributed by atoms with Gasteiger partial charge in [0.15, 0.2) is 0 Å². The predicted molar refractivity (Wildman–Crippen MR) is 109 cm³/mol. The number of hydrogen-bond donors (Lipinski definition) is 1. The lowest BCUT2D eigenvalue weighted by Crippen LogP contribution is -2.45. The average Bonchev–Trinajstić information content (AvgIpc) is 2.57. The maximum atomic E-state index is 12.7. The molecule has 2 aromatic rings. The zero-order valence-electron chi connectivity index (χ0n) is 15.1. The summed E-state index contributed by atoms with van der Waals surface area (Å²) in [5.41, 5.74) is 1.55. The smallest absolute Gasteiger partial charge is 0.247 e. The first-order valence-electron chi connectivity index (χ1n) is 7.96. The van der Waals surface area contributed by atoms with Crippen LogP contribution in [-0.4, -0.2) is 33.7 Å². The molecule has 27 heavy (non-hydrogen) atoms. The van der Waals surface area contributed by atoms with Crippen LogP contribution in [0.15, 0.2) is 42.5 Å². The number of sulfonamides is 1. The summed E-state index contributed by atoms with van der Waals surface area (Å²) in [5, 5.41) is 3.20. The molecule has 0 aromatic heterocycles. The first kappa shape index (κ1) is 21.5. The second-order valence-electron chi connectivity index (χ2n) is 5.95. The molecule has 0 aliphatic carbocycles. The molecule has 2 rings (SSSR count). The molecule has 1 amide bonds. The molecule has 1 N–H and O–H groups in total. The van der Waals surface area contributed by atoms with Crippen LogP contribution in [0.5, 0.6) is 0 Å². The Hall–Kier alpha value is -1.80. The van der Waals surface area contributed by atoms with Gasteiger partial charge in [0.05, 0.1) is 23.6 Å². The Morgan fingerprint density at radius 1 is 1.22 bits per heavy atom. The van der Waals surface area contributed by atoms with Crippen LogP contribution in [0.2, 0.25) is 10.0 Å². The summed E-state index contributed by atoms with van der Waals surface area (Å²) < 4.78 is 30.7. The minimum atomic E-state index is -3.80. The van der Waals surface area contributed by atoms with Crippen LogP contribution in [0.1, 0.15) is 12.5 Å². The lowest BCUT2D eigenvalue weighted by Gasteiger charge is -2.29. The van der Waals surface area contributed by atoms with Gasteiger partial charge < -0.3 is 10.1 Å². The van der Waals surface area contributed by atoms with E-state index in [1.807, 2.05) is 6.07 Å². The zero-order valence-corrected chi connectivity index (χ0v) is 17.4. The van der Waals surface area contributed by atoms with Gasteiger partial charge in [-0.05, 0) is 42.8 Å². The number of benzene rings is 2. The van der Waals surface area contributed by atoms with Gasteiger partial charge >= 0.3 is 0 Å². The molecule has 0 fully saturated rings. The fourth-order valence-electron chi connectivity index (χ4n) is 2.59. The van der Waals surface area contributed by atoms with Crippen LogP contribution in [0.3, 0.4) is 0 Å². The van der Waals surface area contributed by atoms with E-state index in [0.29, 0.717) is 17.3 Å². The van der Waals surface area contributed by atoms with Crippen molar-refractivity contribution in [1.82, 2.24) is 0 Å². The second kappa shape index (κ2) is 8.93. The monoisotopic (exact) mass is 430 g/mol. The van der Waals surface area contributed by atoms with Crippen molar-refractivity contribution < 1.29 is 17.9 Å². The highest BCUT2D eigenvalue weighted by molar-refractivity contribution is 7.92. The van der Waals surface area contributed by atoms with E-state index in [1.165, 1.54) is 19.1 Å². The Balaban J connectivity index is 2.33. The molecule has 0 heterocycles. The van der Waals surface area contributed by atoms with Crippen LogP contribution in [0.25, 0.3) is 0 Å². The van der Waals surface area contributed by atoms with Crippen molar-refractivity contribution in [2.45, 2.75) is 19.6 Å². The topological polar surface area (TPSA) is 75.7 Å². The molecule has 0 aliphatic rings. The Bertz CT molecular complexity index is 935. The van der Waals surface area contributed by atoms with Crippen molar-refractivity contribution in [3.63, 3.8) is 0 Å². The van der Waals surface area contributed by atoms with Crippen molar-refractivity contribution >= 4 is 50.5 Å². The summed E-state index contributed by atoms with van der Waals surface area (Å²) in [7, 11) is -2.23. The average molecular weight is 431 g/mol. The number of rotatable bonds is 7. The summed E-state index contributed by atoms with van der Waals surface area (Å²) >= 11 is 12.1. The number of anilines is 2. The van der Waals surface area contributed by atoms with Crippen LogP contribution in [0.4, 0.5) is 11.4 Å². The van der Waals surface area contributed by atoms with Crippen molar-refractivity contribution in [2.75, 3.05) is 23.0 Å². The Morgan fingerprint density at radius 3 is 2.56 bits per heavy atom. The first-order valence-corrected chi connectivity index (χ1v) is 10.6. The van der Waals surface area contributed by atoms with Crippen molar-refractivity contribution in [3.05, 3.63) is 58.1 Å². The molecule has 0 spiro atoms. The number of hydrogen-bond acceptors (Lipinski definition) is 4. The predicted octanol–water partition coefficient (Wildman–Crippen LogP) is 3.93. The third-order valence-corrected chi connectivity index (χ3v) is 5.52. The van der Waals surface area contributed by atoms with Crippen molar-refractivity contribution in [3.8, 4) is 0 Å². The number of nitrogens with zero attached hydrogens (tertiary/aromatic N) is 1. The van der Waals surface area contributed by atoms with E-state index in [9.17, 15) is 13.2 Å². The van der Waals surface area contributed by atoms with Crippen LogP contribution in [-0.2, 0) is 26.2 Å². The molecule has 6 nitrogen and oxygen atoms in total. The Kier molecular flexibility index (Phi) is 7.11. The van der Waals surface area contributed by atoms with Crippen molar-refractivity contribution in [2.24, 2.45) is 0 Å². The van der Waals surface area contributed by atoms with Gasteiger partial charge in [-0.2, -0.15) is 0 Å². The number of ether oxygens (including phenoxy) is 1. The molecule has 0 unspecified atom stereocenters. The fraction of sp³-hybridized carbons (Fsp3) is 0.278. The van der Waals surface area contributed by atoms with E-state index in [1.54, 1.807) is 31.4 Å². The normalized spacial score (nSPS) is 12.5. The van der Waals surface area contributed by atoms with Gasteiger partial charge in [-0.15, -0.1) is 0 Å². The van der Waals surface area contributed by atoms with Gasteiger partial charge in [0.2, 0.25) is 15.9 Å². The minimum absolute atomic E-state index is 0.141. The second-order valence-corrected chi connectivity index (χ2v) is 8.66. The van der Waals surface area contributed by atoms with Gasteiger partial charge in [-0.1, -0.05) is 35.3 Å². The van der Waals surface area contributed by atoms with Crippen LogP contribution < -0.4 is 9.62 Å². The molecule has 0 bridgehead atoms. The quantitative estimate of drug-likeness (QED) is 0.721. The standard InChI is InChI=1S/C18H20Cl2N2O4S/c1-12(18(23)21-15-6-4-5-13(9-15)11-26-2)22(27(3,24)25)17-10-14(19)7-8-16(17)20/h4-10,12H,11H2,1-3H3,(H,21,23)/t12-/m1/s1. The Morgan fingerprint density at radius 2 is 1.93 bits per heavy atom. The highest BCUT2D eigenvalue weighted by Crippen LogP contribution is 2.32. The summed E-state index contributed by atoms with van der Waals surface area (Å²) in [6.45, 7) is 1.87. The van der Waals surface area contributed by atoms with Crippen molar-refractivity contribution in [1.29, 1.82) is 0 Å². The third-order valence-electron chi connectivity index (χ3n) is 3.74. The van der Waals surface area contributed by atoms with E-state index in [-0.39, 0.29) is 10.7 Å². The molecule has 146 valence electrons. The van der Waals surface area contributed by atoms with E-state index in [4.69, 9.17) is 27.9 Å². The number of methoxy groups -OCH3 is 1. The number of halogens is 2. The molecule has 0 saturated heterocycles. The highest BCUT2D eigenvalue weighted by Gasteiger charge is 2.30. The van der Waals surface area contributed by atoms with Gasteiger partial charge in [0, 0.05) is 17.8 Å². The number of carbonyl (C=O) groups excluding carboxylic acids is 1. The summed E-state index contributed by atoms with van der Waals surface area (Å²) in [5.74, 6) is -0.508. The highest BCUT2D eigenvalue weighted by atomic mass is 35.5. The molecule has 2 aromatic carbocycles. The fourth-order valence-corrected chi connectivity index (χ4v) is 4.19. The van der Waals surface area contributed by atoms with E-state index >= 15 is 0 Å². The minimum Gasteiger partial charge on any atom is -0.380 e. The third kappa shape index (κ3) is 5.59. The van der Waals surface area contributed by atoms with Crippen LogP contribution >= 0.6 is 23.2 Å². The SMILES string of the molecule is COCc1cccc(NC(=O)[C@@H](C)N(c2cc(Cl)ccc2Cl)S(C)(=O)=O)c1. The lowest BCUT2D eigenvalue weighted by molar-refractivity contribution is -0.116. The molecular weight excluding hydrogens is 411 g/mol. The summed E-state index contributed by atoms with van der Waals surface area (Å²) in [6, 6.07) is 10.5. The number of carbonyl (C=O) groups is 1. The van der Waals surface area contributed by atoms with Gasteiger partial charge in [0.25, 0.3) is 0 Å². The lowest BCUT2D eigenvalue weighted by atomic mass is 10.2. The Labute approximate surface area is 169 Å². The molecular formula is C18H20Cl2N2O4S. The van der Waals surface area contributed by atoms with E-state index in [2.05, 4.69) is 5.32 Å². The molecule has 0 radical (unpaired) electrons. The van der Waals surface area contributed by atoms with E-state index in [0.717, 1.165) is 16.1 Å². The largest absolute Gasteiger partial charge is 0.380 e. The maximum Gasteiger partial charge on any atom is 0.247 e. The van der Waals surface area contributed by atoms with Gasteiger partial charge in [-0.25, -0.2) is 8.42 Å². The molecule has 0 aliphatic heterocycles. The first-order chi connectivity index (χ1) is 12.6. The van der Waals surface area contributed by atoms with E-state index < -0.39 is 22.0 Å².